The van der Waals surface area contributed by atoms with E-state index in [9.17, 15) is 4.79 Å². The van der Waals surface area contributed by atoms with Crippen LogP contribution in [0.1, 0.15) is 37.8 Å². The molecule has 2 rings (SSSR count). The Kier molecular flexibility index (Phi) is 5.30. The van der Waals surface area contributed by atoms with Crippen molar-refractivity contribution in [3.05, 3.63) is 33.8 Å². The monoisotopic (exact) mass is 314 g/mol. The highest BCUT2D eigenvalue weighted by Crippen LogP contribution is 2.29. The summed E-state index contributed by atoms with van der Waals surface area (Å²) in [6.45, 7) is 2.90. The van der Waals surface area contributed by atoms with Crippen molar-refractivity contribution >= 4 is 29.1 Å². The van der Waals surface area contributed by atoms with Crippen molar-refractivity contribution in [1.82, 2.24) is 10.2 Å². The van der Waals surface area contributed by atoms with Gasteiger partial charge < -0.3 is 10.2 Å². The zero-order valence-electron chi connectivity index (χ0n) is 11.8. The molecule has 0 aromatic heterocycles. The molecule has 0 radical (unpaired) electrons. The molecule has 1 amide bonds. The molecule has 1 aromatic rings. The number of likely N-dealkylation sites (N-methyl/N-ethyl adjacent to an activating group) is 1. The Morgan fingerprint density at radius 3 is 2.75 bits per heavy atom. The number of rotatable bonds is 3. The number of carbonyl (C=O) groups excluding carboxylic acids is 1. The van der Waals surface area contributed by atoms with E-state index < -0.39 is 0 Å². The quantitative estimate of drug-likeness (QED) is 0.923. The van der Waals surface area contributed by atoms with Crippen LogP contribution in [0.15, 0.2) is 18.2 Å². The van der Waals surface area contributed by atoms with E-state index in [0.29, 0.717) is 10.0 Å². The van der Waals surface area contributed by atoms with E-state index in [0.717, 1.165) is 31.4 Å². The summed E-state index contributed by atoms with van der Waals surface area (Å²) in [7, 11) is 1.83. The van der Waals surface area contributed by atoms with Crippen molar-refractivity contribution in [3.8, 4) is 0 Å². The maximum atomic E-state index is 12.5. The number of halogens is 2. The fraction of sp³-hybridized carbons (Fsp3) is 0.533. The largest absolute Gasteiger partial charge is 0.338 e. The molecular formula is C15H20Cl2N2O. The molecule has 1 aliphatic heterocycles. The Bertz CT molecular complexity index is 487. The molecular weight excluding hydrogens is 295 g/mol. The summed E-state index contributed by atoms with van der Waals surface area (Å²) in [4.78, 5) is 14.2. The van der Waals surface area contributed by atoms with E-state index in [1.165, 1.54) is 0 Å². The molecule has 1 unspecified atom stereocenters. The molecule has 1 aliphatic rings. The fourth-order valence-electron chi connectivity index (χ4n) is 2.55. The Morgan fingerprint density at radius 1 is 1.40 bits per heavy atom. The first-order valence-electron chi connectivity index (χ1n) is 6.95. The molecule has 0 saturated carbocycles. The lowest BCUT2D eigenvalue weighted by Crippen LogP contribution is -2.47. The number of nitrogens with one attached hydrogen (secondary N) is 1. The third kappa shape index (κ3) is 3.46. The van der Waals surface area contributed by atoms with Crippen LogP contribution in [0.25, 0.3) is 0 Å². The predicted molar refractivity (Wildman–Crippen MR) is 83.3 cm³/mol. The Balaban J connectivity index is 2.10. The second-order valence-electron chi connectivity index (χ2n) is 5.29. The topological polar surface area (TPSA) is 32.3 Å². The van der Waals surface area contributed by atoms with Gasteiger partial charge in [-0.15, -0.1) is 0 Å². The van der Waals surface area contributed by atoms with Crippen molar-refractivity contribution in [2.75, 3.05) is 13.6 Å². The van der Waals surface area contributed by atoms with Crippen LogP contribution in [-0.4, -0.2) is 30.4 Å². The highest BCUT2D eigenvalue weighted by molar-refractivity contribution is 6.35. The number of amides is 1. The predicted octanol–water partition coefficient (Wildman–Crippen LogP) is 3.65. The molecule has 2 atom stereocenters. The van der Waals surface area contributed by atoms with Gasteiger partial charge in [-0.1, -0.05) is 35.7 Å². The molecule has 0 aliphatic carbocycles. The minimum Gasteiger partial charge on any atom is -0.338 e. The summed E-state index contributed by atoms with van der Waals surface area (Å²) in [5, 5.41) is 4.49. The maximum absolute atomic E-state index is 12.5. The molecule has 3 nitrogen and oxygen atoms in total. The second kappa shape index (κ2) is 6.79. The van der Waals surface area contributed by atoms with E-state index in [-0.39, 0.29) is 18.0 Å². The Hall–Kier alpha value is -0.770. The van der Waals surface area contributed by atoms with E-state index in [4.69, 9.17) is 23.2 Å². The Morgan fingerprint density at radius 2 is 2.15 bits per heavy atom. The van der Waals surface area contributed by atoms with Crippen LogP contribution < -0.4 is 5.32 Å². The standard InChI is InChI=1S/C15H20Cl2N2O/c1-10(12-7-6-11(16)9-13(12)17)19(2)15(20)14-5-3-4-8-18-14/h6-7,9-10,14,18H,3-5,8H2,1-2H3/t10?,14-/m1/s1. The molecule has 110 valence electrons. The van der Waals surface area contributed by atoms with Crippen molar-refractivity contribution < 1.29 is 4.79 Å². The lowest BCUT2D eigenvalue weighted by molar-refractivity contribution is -0.134. The average Bonchev–Trinajstić information content (AvgIpc) is 2.46. The first-order valence-corrected chi connectivity index (χ1v) is 7.71. The molecule has 1 aromatic carbocycles. The SMILES string of the molecule is CC(c1ccc(Cl)cc1Cl)N(C)C(=O)[C@H]1CCCCN1. The Labute approximate surface area is 130 Å². The first kappa shape index (κ1) is 15.6. The summed E-state index contributed by atoms with van der Waals surface area (Å²) in [6.07, 6.45) is 3.16. The number of piperidine rings is 1. The van der Waals surface area contributed by atoms with Crippen molar-refractivity contribution in [1.29, 1.82) is 0 Å². The molecule has 1 heterocycles. The van der Waals surface area contributed by atoms with Gasteiger partial charge in [0.15, 0.2) is 0 Å². The number of nitrogens with zero attached hydrogens (tertiary/aromatic N) is 1. The van der Waals surface area contributed by atoms with Gasteiger partial charge in [0.05, 0.1) is 12.1 Å². The van der Waals surface area contributed by atoms with Gasteiger partial charge >= 0.3 is 0 Å². The van der Waals surface area contributed by atoms with Crippen molar-refractivity contribution in [2.45, 2.75) is 38.3 Å². The summed E-state index contributed by atoms with van der Waals surface area (Å²) >= 11 is 12.1. The molecule has 1 saturated heterocycles. The van der Waals surface area contributed by atoms with Gasteiger partial charge in [0.25, 0.3) is 0 Å². The number of hydrogen-bond acceptors (Lipinski definition) is 2. The van der Waals surface area contributed by atoms with E-state index in [2.05, 4.69) is 5.32 Å². The molecule has 20 heavy (non-hydrogen) atoms. The normalized spacial score (nSPS) is 20.5. The molecule has 5 heteroatoms. The van der Waals surface area contributed by atoms with E-state index in [1.54, 1.807) is 17.0 Å². The summed E-state index contributed by atoms with van der Waals surface area (Å²) in [5.41, 5.74) is 0.919. The van der Waals surface area contributed by atoms with E-state index >= 15 is 0 Å². The smallest absolute Gasteiger partial charge is 0.239 e. The minimum atomic E-state index is -0.0732. The molecule has 0 spiro atoms. The van der Waals surface area contributed by atoms with Crippen molar-refractivity contribution in [2.24, 2.45) is 0 Å². The lowest BCUT2D eigenvalue weighted by Gasteiger charge is -2.32. The third-order valence-corrected chi connectivity index (χ3v) is 4.51. The minimum absolute atomic E-state index is 0.0673. The van der Waals surface area contributed by atoms with Gasteiger partial charge in [0, 0.05) is 17.1 Å². The van der Waals surface area contributed by atoms with Gasteiger partial charge in [-0.05, 0) is 44.0 Å². The molecule has 0 bridgehead atoms. The van der Waals surface area contributed by atoms with Gasteiger partial charge in [0.1, 0.15) is 0 Å². The molecule has 1 N–H and O–H groups in total. The van der Waals surface area contributed by atoms with Crippen LogP contribution in [0.4, 0.5) is 0 Å². The summed E-state index contributed by atoms with van der Waals surface area (Å²) < 4.78 is 0. The number of hydrogen-bond donors (Lipinski definition) is 1. The number of carbonyl (C=O) groups is 1. The highest BCUT2D eigenvalue weighted by atomic mass is 35.5. The van der Waals surface area contributed by atoms with Crippen molar-refractivity contribution in [3.63, 3.8) is 0 Å². The van der Waals surface area contributed by atoms with E-state index in [1.807, 2.05) is 20.0 Å². The summed E-state index contributed by atoms with van der Waals surface area (Å²) in [6, 6.07) is 5.26. The first-order chi connectivity index (χ1) is 9.50. The highest BCUT2D eigenvalue weighted by Gasteiger charge is 2.27. The van der Waals surface area contributed by atoms with Crippen LogP contribution in [0.5, 0.6) is 0 Å². The van der Waals surface area contributed by atoms with Crippen LogP contribution in [0, 0.1) is 0 Å². The van der Waals surface area contributed by atoms with Gasteiger partial charge in [-0.25, -0.2) is 0 Å². The van der Waals surface area contributed by atoms with Crippen LogP contribution >= 0.6 is 23.2 Å². The summed E-state index contributed by atoms with van der Waals surface area (Å²) in [5.74, 6) is 0.128. The second-order valence-corrected chi connectivity index (χ2v) is 6.14. The average molecular weight is 315 g/mol. The zero-order valence-corrected chi connectivity index (χ0v) is 13.3. The van der Waals surface area contributed by atoms with Gasteiger partial charge in [0.2, 0.25) is 5.91 Å². The maximum Gasteiger partial charge on any atom is 0.239 e. The van der Waals surface area contributed by atoms with Crippen LogP contribution in [-0.2, 0) is 4.79 Å². The third-order valence-electron chi connectivity index (χ3n) is 3.95. The van der Waals surface area contributed by atoms with Crippen LogP contribution in [0.2, 0.25) is 10.0 Å². The lowest BCUT2D eigenvalue weighted by atomic mass is 10.0. The van der Waals surface area contributed by atoms with Gasteiger partial charge in [-0.2, -0.15) is 0 Å². The number of benzene rings is 1. The zero-order chi connectivity index (χ0) is 14.7. The molecule has 1 fully saturated rings. The van der Waals surface area contributed by atoms with Crippen LogP contribution in [0.3, 0.4) is 0 Å². The van der Waals surface area contributed by atoms with Gasteiger partial charge in [-0.3, -0.25) is 4.79 Å². The fourth-order valence-corrected chi connectivity index (χ4v) is 3.11.